The first-order chi connectivity index (χ1) is 12.8. The van der Waals surface area contributed by atoms with Crippen molar-refractivity contribution in [2.45, 2.75) is 12.5 Å². The fraction of sp³-hybridized carbons (Fsp3) is 0.562. The van der Waals surface area contributed by atoms with Crippen LogP contribution in [0.1, 0.15) is 0 Å². The average Bonchev–Trinajstić information content (AvgIpc) is 2.88. The van der Waals surface area contributed by atoms with E-state index in [0.29, 0.717) is 19.6 Å². The quantitative estimate of drug-likeness (QED) is 0.585. The molecule has 2 rings (SSSR count). The fourth-order valence-corrected chi connectivity index (χ4v) is 2.67. The summed E-state index contributed by atoms with van der Waals surface area (Å²) >= 11 is 0. The smallest absolute Gasteiger partial charge is 0.315 e. The molecule has 0 spiro atoms. The van der Waals surface area contributed by atoms with Crippen molar-refractivity contribution in [3.63, 3.8) is 0 Å². The molecule has 1 aliphatic heterocycles. The first-order valence-corrected chi connectivity index (χ1v) is 8.33. The van der Waals surface area contributed by atoms with Gasteiger partial charge in [0.25, 0.3) is 5.91 Å². The number of alkyl halides is 2. The predicted octanol–water partition coefficient (Wildman–Crippen LogP) is 0.484. The zero-order valence-corrected chi connectivity index (χ0v) is 14.7. The maximum Gasteiger partial charge on any atom is 0.315 e. The summed E-state index contributed by atoms with van der Waals surface area (Å²) in [7, 11) is 1.48. The standard InChI is InChI=1S/C16H22F4N4O3/c1-23(9-11(25)8-21-16(26)15(19)20)10-6-12(17)14(13(18)7-10)24-3-2-22-27-5-4-24/h6-7,11,15,22,25H,2-5,8-9H2,1H3,(H,21,26)/t11-/m0/s1. The Labute approximate surface area is 153 Å². The third-order valence-corrected chi connectivity index (χ3v) is 4.00. The lowest BCUT2D eigenvalue weighted by Gasteiger charge is -2.26. The highest BCUT2D eigenvalue weighted by molar-refractivity contribution is 5.79. The van der Waals surface area contributed by atoms with Crippen molar-refractivity contribution in [1.29, 1.82) is 0 Å². The summed E-state index contributed by atoms with van der Waals surface area (Å²) in [5.74, 6) is -3.02. The minimum absolute atomic E-state index is 0.122. The Morgan fingerprint density at radius 3 is 2.67 bits per heavy atom. The average molecular weight is 394 g/mol. The van der Waals surface area contributed by atoms with E-state index in [4.69, 9.17) is 4.84 Å². The van der Waals surface area contributed by atoms with Gasteiger partial charge in [0, 0.05) is 45.5 Å². The van der Waals surface area contributed by atoms with Crippen LogP contribution in [0.2, 0.25) is 0 Å². The zero-order chi connectivity index (χ0) is 20.0. The number of halogens is 4. The molecule has 27 heavy (non-hydrogen) atoms. The van der Waals surface area contributed by atoms with E-state index in [2.05, 4.69) is 5.48 Å². The summed E-state index contributed by atoms with van der Waals surface area (Å²) in [6.45, 7) is 0.846. The molecule has 0 aliphatic carbocycles. The number of benzene rings is 1. The van der Waals surface area contributed by atoms with E-state index >= 15 is 0 Å². The second-order valence-corrected chi connectivity index (χ2v) is 6.07. The summed E-state index contributed by atoms with van der Waals surface area (Å²) in [6, 6.07) is 2.25. The zero-order valence-electron chi connectivity index (χ0n) is 14.7. The van der Waals surface area contributed by atoms with Crippen LogP contribution >= 0.6 is 0 Å². The van der Waals surface area contributed by atoms with Crippen molar-refractivity contribution in [2.24, 2.45) is 0 Å². The molecule has 3 N–H and O–H groups in total. The van der Waals surface area contributed by atoms with Crippen LogP contribution in [0, 0.1) is 11.6 Å². The fourth-order valence-electron chi connectivity index (χ4n) is 2.67. The molecule has 1 fully saturated rings. The van der Waals surface area contributed by atoms with E-state index in [-0.39, 0.29) is 24.5 Å². The number of amides is 1. The van der Waals surface area contributed by atoms with Gasteiger partial charge in [0.2, 0.25) is 0 Å². The van der Waals surface area contributed by atoms with Gasteiger partial charge in [-0.25, -0.2) is 14.3 Å². The minimum atomic E-state index is -3.18. The summed E-state index contributed by atoms with van der Waals surface area (Å²) in [5, 5.41) is 11.7. The maximum absolute atomic E-state index is 14.5. The molecule has 1 aromatic rings. The van der Waals surface area contributed by atoms with Crippen molar-refractivity contribution < 1.29 is 32.3 Å². The molecule has 0 radical (unpaired) electrons. The molecule has 152 valence electrons. The highest BCUT2D eigenvalue weighted by Gasteiger charge is 2.21. The number of rotatable bonds is 7. The number of nitrogens with one attached hydrogen (secondary N) is 2. The number of likely N-dealkylation sites (N-methyl/N-ethyl adjacent to an activating group) is 1. The molecular formula is C16H22F4N4O3. The molecular weight excluding hydrogens is 372 g/mol. The Balaban J connectivity index is 2.02. The largest absolute Gasteiger partial charge is 0.389 e. The highest BCUT2D eigenvalue weighted by Crippen LogP contribution is 2.28. The van der Waals surface area contributed by atoms with E-state index in [0.717, 1.165) is 12.1 Å². The molecule has 7 nitrogen and oxygen atoms in total. The maximum atomic E-state index is 14.5. The number of carbonyl (C=O) groups is 1. The van der Waals surface area contributed by atoms with Gasteiger partial charge >= 0.3 is 6.43 Å². The molecule has 0 bridgehead atoms. The number of hydroxylamine groups is 1. The van der Waals surface area contributed by atoms with Crippen LogP contribution in [-0.2, 0) is 9.63 Å². The highest BCUT2D eigenvalue weighted by atomic mass is 19.3. The van der Waals surface area contributed by atoms with Gasteiger partial charge in [0.1, 0.15) is 5.69 Å². The van der Waals surface area contributed by atoms with E-state index in [1.807, 2.05) is 5.32 Å². The van der Waals surface area contributed by atoms with E-state index in [1.165, 1.54) is 16.8 Å². The van der Waals surface area contributed by atoms with Crippen LogP contribution in [0.15, 0.2) is 12.1 Å². The second kappa shape index (κ2) is 9.72. The SMILES string of the molecule is CN(C[C@@H](O)CNC(=O)C(F)F)c1cc(F)c(N2CCNOCC2)c(F)c1. The van der Waals surface area contributed by atoms with E-state index in [9.17, 15) is 27.5 Å². The Morgan fingerprint density at radius 1 is 1.37 bits per heavy atom. The van der Waals surface area contributed by atoms with Crippen LogP contribution in [0.25, 0.3) is 0 Å². The van der Waals surface area contributed by atoms with Gasteiger partial charge in [-0.2, -0.15) is 8.78 Å². The molecule has 1 heterocycles. The summed E-state index contributed by atoms with van der Waals surface area (Å²) in [6.07, 6.45) is -4.37. The number of hydrogen-bond donors (Lipinski definition) is 3. The van der Waals surface area contributed by atoms with Crippen molar-refractivity contribution >= 4 is 17.3 Å². The molecule has 11 heteroatoms. The first kappa shape index (κ1) is 21.2. The van der Waals surface area contributed by atoms with Gasteiger partial charge in [-0.15, -0.1) is 0 Å². The Morgan fingerprint density at radius 2 is 2.04 bits per heavy atom. The Kier molecular flexibility index (Phi) is 7.63. The second-order valence-electron chi connectivity index (χ2n) is 6.07. The molecule has 1 aromatic carbocycles. The van der Waals surface area contributed by atoms with Crippen molar-refractivity contribution in [1.82, 2.24) is 10.8 Å². The Hall–Kier alpha value is -2.11. The molecule has 1 saturated heterocycles. The molecule has 1 aliphatic rings. The van der Waals surface area contributed by atoms with Crippen LogP contribution in [-0.4, -0.2) is 69.9 Å². The van der Waals surface area contributed by atoms with Crippen molar-refractivity contribution in [3.8, 4) is 0 Å². The van der Waals surface area contributed by atoms with Crippen LogP contribution < -0.4 is 20.6 Å². The van der Waals surface area contributed by atoms with Gasteiger partial charge in [-0.1, -0.05) is 0 Å². The van der Waals surface area contributed by atoms with E-state index in [1.54, 1.807) is 0 Å². The third kappa shape index (κ3) is 5.94. The monoisotopic (exact) mass is 394 g/mol. The van der Waals surface area contributed by atoms with Gasteiger partial charge in [-0.3, -0.25) is 9.63 Å². The molecule has 0 saturated carbocycles. The number of carbonyl (C=O) groups excluding carboxylic acids is 1. The number of nitrogens with zero attached hydrogens (tertiary/aromatic N) is 2. The number of aliphatic hydroxyl groups is 1. The number of aliphatic hydroxyl groups excluding tert-OH is 1. The van der Waals surface area contributed by atoms with Crippen molar-refractivity contribution in [2.75, 3.05) is 56.2 Å². The Bertz CT molecular complexity index is 619. The van der Waals surface area contributed by atoms with Crippen LogP contribution in [0.3, 0.4) is 0 Å². The van der Waals surface area contributed by atoms with Crippen molar-refractivity contribution in [3.05, 3.63) is 23.8 Å². The van der Waals surface area contributed by atoms with Gasteiger partial charge in [-0.05, 0) is 12.1 Å². The van der Waals surface area contributed by atoms with E-state index < -0.39 is 36.6 Å². The van der Waals surface area contributed by atoms with Crippen LogP contribution in [0.5, 0.6) is 0 Å². The predicted molar refractivity (Wildman–Crippen MR) is 90.8 cm³/mol. The summed E-state index contributed by atoms with van der Waals surface area (Å²) < 4.78 is 53.2. The molecule has 1 amide bonds. The van der Waals surface area contributed by atoms with Gasteiger partial charge < -0.3 is 20.2 Å². The lowest BCUT2D eigenvalue weighted by atomic mass is 10.2. The van der Waals surface area contributed by atoms with Gasteiger partial charge in [0.05, 0.1) is 12.7 Å². The normalized spacial score (nSPS) is 16.2. The summed E-state index contributed by atoms with van der Waals surface area (Å²) in [4.78, 5) is 18.7. The number of anilines is 2. The number of hydrogen-bond acceptors (Lipinski definition) is 6. The summed E-state index contributed by atoms with van der Waals surface area (Å²) in [5.41, 5.74) is 2.67. The first-order valence-electron chi connectivity index (χ1n) is 8.33. The lowest BCUT2D eigenvalue weighted by Crippen LogP contribution is -2.40. The molecule has 1 atom stereocenters. The topological polar surface area (TPSA) is 77.1 Å². The molecule has 0 aromatic heterocycles. The lowest BCUT2D eigenvalue weighted by molar-refractivity contribution is -0.132. The minimum Gasteiger partial charge on any atom is -0.389 e. The van der Waals surface area contributed by atoms with Crippen LogP contribution in [0.4, 0.5) is 28.9 Å². The van der Waals surface area contributed by atoms with Gasteiger partial charge in [0.15, 0.2) is 11.6 Å². The third-order valence-electron chi connectivity index (χ3n) is 4.00. The molecule has 0 unspecified atom stereocenters.